The molecule has 0 saturated carbocycles. The molecular formula is C12H17BrN2O. The van der Waals surface area contributed by atoms with Gasteiger partial charge in [-0.05, 0) is 31.5 Å². The summed E-state index contributed by atoms with van der Waals surface area (Å²) in [5.41, 5.74) is 6.91. The normalized spacial score (nSPS) is 10.2. The molecule has 0 radical (unpaired) electrons. The Kier molecular flexibility index (Phi) is 4.80. The molecule has 2 N–H and O–H groups in total. The summed E-state index contributed by atoms with van der Waals surface area (Å²) in [7, 11) is 0. The molecule has 0 bridgehead atoms. The average molecular weight is 285 g/mol. The first-order valence-electron chi connectivity index (χ1n) is 5.44. The number of carbonyl (C=O) groups is 1. The lowest BCUT2D eigenvalue weighted by atomic mass is 10.1. The fraction of sp³-hybridized carbons (Fsp3) is 0.417. The summed E-state index contributed by atoms with van der Waals surface area (Å²) in [5, 5.41) is 0. The molecule has 0 fully saturated rings. The van der Waals surface area contributed by atoms with E-state index in [2.05, 4.69) is 22.9 Å². The molecule has 1 amide bonds. The highest BCUT2D eigenvalue weighted by Crippen LogP contribution is 2.20. The van der Waals surface area contributed by atoms with Crippen LogP contribution in [0.1, 0.15) is 30.6 Å². The Balaban J connectivity index is 2.98. The lowest BCUT2D eigenvalue weighted by molar-refractivity contribution is 0.0765. The van der Waals surface area contributed by atoms with Crippen molar-refractivity contribution in [3.05, 3.63) is 28.2 Å². The number of hydrogen-bond donors (Lipinski definition) is 1. The van der Waals surface area contributed by atoms with Crippen LogP contribution in [0.2, 0.25) is 0 Å². The van der Waals surface area contributed by atoms with Gasteiger partial charge in [0.15, 0.2) is 0 Å². The zero-order valence-electron chi connectivity index (χ0n) is 9.66. The number of amides is 1. The molecule has 0 aliphatic carbocycles. The van der Waals surface area contributed by atoms with Gasteiger partial charge in [0.2, 0.25) is 0 Å². The number of nitrogens with zero attached hydrogens (tertiary/aromatic N) is 1. The van der Waals surface area contributed by atoms with Crippen LogP contribution in [0.5, 0.6) is 0 Å². The number of halogens is 1. The van der Waals surface area contributed by atoms with E-state index in [0.717, 1.165) is 17.4 Å². The molecule has 0 unspecified atom stereocenters. The van der Waals surface area contributed by atoms with Crippen LogP contribution in [0.3, 0.4) is 0 Å². The highest BCUT2D eigenvalue weighted by atomic mass is 79.9. The van der Waals surface area contributed by atoms with Crippen LogP contribution < -0.4 is 5.73 Å². The Labute approximate surface area is 105 Å². The van der Waals surface area contributed by atoms with Crippen LogP contribution in [-0.4, -0.2) is 23.9 Å². The van der Waals surface area contributed by atoms with Gasteiger partial charge in [-0.1, -0.05) is 22.9 Å². The summed E-state index contributed by atoms with van der Waals surface area (Å²) in [4.78, 5) is 14.0. The van der Waals surface area contributed by atoms with E-state index in [1.165, 1.54) is 0 Å². The highest BCUT2D eigenvalue weighted by Gasteiger charge is 2.16. The van der Waals surface area contributed by atoms with Crippen LogP contribution >= 0.6 is 15.9 Å². The van der Waals surface area contributed by atoms with Crippen molar-refractivity contribution in [3.63, 3.8) is 0 Å². The van der Waals surface area contributed by atoms with E-state index < -0.39 is 0 Å². The number of carbonyl (C=O) groups excluding carboxylic acids is 1. The second-order valence-electron chi connectivity index (χ2n) is 3.62. The van der Waals surface area contributed by atoms with Crippen LogP contribution in [0.25, 0.3) is 0 Å². The van der Waals surface area contributed by atoms with Gasteiger partial charge in [-0.25, -0.2) is 0 Å². The van der Waals surface area contributed by atoms with Gasteiger partial charge in [0, 0.05) is 23.2 Å². The van der Waals surface area contributed by atoms with Crippen molar-refractivity contribution in [2.75, 3.05) is 18.8 Å². The Morgan fingerprint density at radius 1 is 1.44 bits per heavy atom. The van der Waals surface area contributed by atoms with E-state index in [-0.39, 0.29) is 5.91 Å². The third kappa shape index (κ3) is 2.98. The summed E-state index contributed by atoms with van der Waals surface area (Å²) < 4.78 is 0.873. The Morgan fingerprint density at radius 2 is 2.12 bits per heavy atom. The second kappa shape index (κ2) is 5.89. The van der Waals surface area contributed by atoms with Crippen LogP contribution in [0.4, 0.5) is 5.69 Å². The Bertz CT molecular complexity index is 379. The van der Waals surface area contributed by atoms with Crippen molar-refractivity contribution in [2.45, 2.75) is 20.3 Å². The van der Waals surface area contributed by atoms with Crippen LogP contribution in [0.15, 0.2) is 22.7 Å². The molecule has 4 heteroatoms. The highest BCUT2D eigenvalue weighted by molar-refractivity contribution is 9.10. The molecule has 3 nitrogen and oxygen atoms in total. The minimum Gasteiger partial charge on any atom is -0.398 e. The fourth-order valence-electron chi connectivity index (χ4n) is 1.56. The number of rotatable bonds is 4. The van der Waals surface area contributed by atoms with Crippen molar-refractivity contribution in [1.82, 2.24) is 4.90 Å². The predicted octanol–water partition coefficient (Wildman–Crippen LogP) is 2.90. The fourth-order valence-corrected chi connectivity index (χ4v) is 1.92. The maximum atomic E-state index is 12.2. The number of nitrogens with two attached hydrogens (primary N) is 1. The second-order valence-corrected chi connectivity index (χ2v) is 4.53. The molecule has 0 aliphatic rings. The first kappa shape index (κ1) is 13.0. The number of benzene rings is 1. The molecule has 1 rings (SSSR count). The monoisotopic (exact) mass is 284 g/mol. The van der Waals surface area contributed by atoms with Gasteiger partial charge in [-0.15, -0.1) is 0 Å². The zero-order valence-corrected chi connectivity index (χ0v) is 11.3. The van der Waals surface area contributed by atoms with Crippen molar-refractivity contribution in [3.8, 4) is 0 Å². The predicted molar refractivity (Wildman–Crippen MR) is 70.4 cm³/mol. The van der Waals surface area contributed by atoms with E-state index in [1.807, 2.05) is 13.0 Å². The van der Waals surface area contributed by atoms with Crippen molar-refractivity contribution in [2.24, 2.45) is 0 Å². The van der Waals surface area contributed by atoms with E-state index >= 15 is 0 Å². The zero-order chi connectivity index (χ0) is 12.1. The lowest BCUT2D eigenvalue weighted by Gasteiger charge is -2.21. The molecular weight excluding hydrogens is 268 g/mol. The van der Waals surface area contributed by atoms with Crippen molar-refractivity contribution < 1.29 is 4.79 Å². The van der Waals surface area contributed by atoms with E-state index in [9.17, 15) is 4.79 Å². The Hall–Kier alpha value is -1.03. The molecule has 0 heterocycles. The summed E-state index contributed by atoms with van der Waals surface area (Å²) in [6.45, 7) is 5.50. The minimum atomic E-state index is 0.00292. The largest absolute Gasteiger partial charge is 0.398 e. The number of anilines is 1. The maximum absolute atomic E-state index is 12.2. The van der Waals surface area contributed by atoms with Crippen molar-refractivity contribution >= 4 is 27.5 Å². The molecule has 1 aromatic rings. The quantitative estimate of drug-likeness (QED) is 0.865. The standard InChI is InChI=1S/C12H17BrN2O/c1-3-7-15(4-2)12(16)10-8-9(13)5-6-11(10)14/h5-6,8H,3-4,7,14H2,1-2H3. The lowest BCUT2D eigenvalue weighted by Crippen LogP contribution is -2.32. The topological polar surface area (TPSA) is 46.3 Å². The molecule has 16 heavy (non-hydrogen) atoms. The third-order valence-electron chi connectivity index (χ3n) is 2.41. The minimum absolute atomic E-state index is 0.00292. The summed E-state index contributed by atoms with van der Waals surface area (Å²) in [5.74, 6) is 0.00292. The first-order chi connectivity index (χ1) is 7.60. The van der Waals surface area contributed by atoms with Gasteiger partial charge in [0.05, 0.1) is 5.56 Å². The summed E-state index contributed by atoms with van der Waals surface area (Å²) >= 11 is 3.35. The van der Waals surface area contributed by atoms with Gasteiger partial charge in [-0.2, -0.15) is 0 Å². The van der Waals surface area contributed by atoms with Gasteiger partial charge in [0.25, 0.3) is 5.91 Å². The Morgan fingerprint density at radius 3 is 2.69 bits per heavy atom. The number of hydrogen-bond acceptors (Lipinski definition) is 2. The molecule has 0 aromatic heterocycles. The summed E-state index contributed by atoms with van der Waals surface area (Å²) in [6, 6.07) is 5.36. The van der Waals surface area contributed by atoms with Crippen LogP contribution in [0, 0.1) is 0 Å². The van der Waals surface area contributed by atoms with Crippen molar-refractivity contribution in [1.29, 1.82) is 0 Å². The van der Waals surface area contributed by atoms with Crippen LogP contribution in [-0.2, 0) is 0 Å². The van der Waals surface area contributed by atoms with E-state index in [1.54, 1.807) is 17.0 Å². The molecule has 0 spiro atoms. The van der Waals surface area contributed by atoms with Gasteiger partial charge < -0.3 is 10.6 Å². The van der Waals surface area contributed by atoms with Gasteiger partial charge >= 0.3 is 0 Å². The molecule has 0 saturated heterocycles. The van der Waals surface area contributed by atoms with E-state index in [0.29, 0.717) is 17.8 Å². The molecule has 0 aliphatic heterocycles. The van der Waals surface area contributed by atoms with Gasteiger partial charge in [-0.3, -0.25) is 4.79 Å². The molecule has 1 aromatic carbocycles. The maximum Gasteiger partial charge on any atom is 0.255 e. The average Bonchev–Trinajstić information content (AvgIpc) is 2.28. The summed E-state index contributed by atoms with van der Waals surface area (Å²) in [6.07, 6.45) is 0.952. The SMILES string of the molecule is CCCN(CC)C(=O)c1cc(Br)ccc1N. The molecule has 0 atom stereocenters. The van der Waals surface area contributed by atoms with E-state index in [4.69, 9.17) is 5.73 Å². The smallest absolute Gasteiger partial charge is 0.255 e. The number of nitrogen functional groups attached to an aromatic ring is 1. The first-order valence-corrected chi connectivity index (χ1v) is 6.23. The molecule has 88 valence electrons. The third-order valence-corrected chi connectivity index (χ3v) is 2.90. The van der Waals surface area contributed by atoms with Gasteiger partial charge in [0.1, 0.15) is 0 Å².